The van der Waals surface area contributed by atoms with Gasteiger partial charge in [0, 0.05) is 17.3 Å². The molecule has 1 aliphatic carbocycles. The molecule has 2 unspecified atom stereocenters. The molecule has 134 valence electrons. The van der Waals surface area contributed by atoms with Gasteiger partial charge in [-0.1, -0.05) is 24.6 Å². The summed E-state index contributed by atoms with van der Waals surface area (Å²) in [4.78, 5) is 17.3. The third-order valence-electron chi connectivity index (χ3n) is 5.38. The minimum atomic E-state index is -0.0378. The van der Waals surface area contributed by atoms with E-state index in [9.17, 15) is 4.79 Å². The lowest BCUT2D eigenvalue weighted by Crippen LogP contribution is -2.39. The molecule has 4 rings (SSSR count). The Hall–Kier alpha value is -2.66. The van der Waals surface area contributed by atoms with Crippen LogP contribution in [0, 0.1) is 12.8 Å². The molecule has 1 heterocycles. The number of hydrogen-bond acceptors (Lipinski definition) is 3. The van der Waals surface area contributed by atoms with Crippen LogP contribution in [0.5, 0.6) is 0 Å². The fourth-order valence-electron chi connectivity index (χ4n) is 4.01. The lowest BCUT2D eigenvalue weighted by molar-refractivity contribution is 0.0929. The van der Waals surface area contributed by atoms with E-state index in [4.69, 9.17) is 5.73 Å². The molecule has 0 aliphatic heterocycles. The summed E-state index contributed by atoms with van der Waals surface area (Å²) in [5.74, 6) is 1.26. The summed E-state index contributed by atoms with van der Waals surface area (Å²) in [5.41, 5.74) is 9.38. The number of aryl methyl sites for hydroxylation is 1. The first kappa shape index (κ1) is 16.8. The zero-order chi connectivity index (χ0) is 18.1. The number of benzene rings is 2. The summed E-state index contributed by atoms with van der Waals surface area (Å²) in [7, 11) is 0. The van der Waals surface area contributed by atoms with Crippen molar-refractivity contribution in [3.8, 4) is 5.69 Å². The number of rotatable bonds is 4. The van der Waals surface area contributed by atoms with Gasteiger partial charge >= 0.3 is 0 Å². The highest BCUT2D eigenvalue weighted by molar-refractivity contribution is 5.97. The average molecular weight is 348 g/mol. The van der Waals surface area contributed by atoms with Gasteiger partial charge < -0.3 is 11.1 Å². The predicted octanol–water partition coefficient (Wildman–Crippen LogP) is 3.19. The highest BCUT2D eigenvalue weighted by atomic mass is 16.1. The topological polar surface area (TPSA) is 72.9 Å². The third kappa shape index (κ3) is 2.99. The average Bonchev–Trinajstić information content (AvgIpc) is 3.24. The van der Waals surface area contributed by atoms with Gasteiger partial charge in [-0.05, 0) is 62.6 Å². The number of aromatic nitrogens is 2. The maximum absolute atomic E-state index is 12.7. The summed E-state index contributed by atoms with van der Waals surface area (Å²) in [5, 5.41) is 3.16. The first-order valence-electron chi connectivity index (χ1n) is 9.23. The number of amides is 1. The number of fused-ring (bicyclic) bond motifs is 1. The summed E-state index contributed by atoms with van der Waals surface area (Å²) >= 11 is 0. The van der Waals surface area contributed by atoms with Crippen LogP contribution in [0.1, 0.15) is 35.4 Å². The Labute approximate surface area is 153 Å². The molecule has 26 heavy (non-hydrogen) atoms. The van der Waals surface area contributed by atoms with Gasteiger partial charge in [0.25, 0.3) is 5.91 Å². The normalized spacial score (nSPS) is 19.8. The highest BCUT2D eigenvalue weighted by Gasteiger charge is 2.27. The molecule has 1 aliphatic rings. The van der Waals surface area contributed by atoms with Gasteiger partial charge in [0.05, 0.1) is 11.0 Å². The van der Waals surface area contributed by atoms with E-state index in [1.165, 1.54) is 0 Å². The Kier molecular flexibility index (Phi) is 4.47. The van der Waals surface area contributed by atoms with Gasteiger partial charge in [-0.25, -0.2) is 4.98 Å². The Morgan fingerprint density at radius 1 is 1.23 bits per heavy atom. The molecule has 2 atom stereocenters. The Morgan fingerprint density at radius 2 is 2.04 bits per heavy atom. The molecule has 0 bridgehead atoms. The molecule has 5 heteroatoms. The van der Waals surface area contributed by atoms with Crippen molar-refractivity contribution >= 4 is 16.9 Å². The molecule has 1 fully saturated rings. The molecular formula is C21H24N4O. The molecule has 5 nitrogen and oxygen atoms in total. The van der Waals surface area contributed by atoms with E-state index >= 15 is 0 Å². The van der Waals surface area contributed by atoms with Crippen LogP contribution in [0.2, 0.25) is 0 Å². The molecule has 0 saturated heterocycles. The van der Waals surface area contributed by atoms with Crippen molar-refractivity contribution in [1.29, 1.82) is 0 Å². The molecule has 1 saturated carbocycles. The second kappa shape index (κ2) is 6.92. The van der Waals surface area contributed by atoms with E-state index in [0.717, 1.165) is 41.8 Å². The van der Waals surface area contributed by atoms with Crippen LogP contribution in [0.15, 0.2) is 48.5 Å². The highest BCUT2D eigenvalue weighted by Crippen LogP contribution is 2.26. The van der Waals surface area contributed by atoms with Crippen LogP contribution in [-0.2, 0) is 0 Å². The number of nitrogens with two attached hydrogens (primary N) is 1. The third-order valence-corrected chi connectivity index (χ3v) is 5.38. The van der Waals surface area contributed by atoms with Crippen LogP contribution < -0.4 is 11.1 Å². The first-order valence-corrected chi connectivity index (χ1v) is 9.23. The molecule has 1 aromatic heterocycles. The number of nitrogens with zero attached hydrogens (tertiary/aromatic N) is 2. The van der Waals surface area contributed by atoms with Crippen molar-refractivity contribution in [3.05, 3.63) is 59.9 Å². The van der Waals surface area contributed by atoms with Crippen molar-refractivity contribution in [3.63, 3.8) is 0 Å². The van der Waals surface area contributed by atoms with Crippen molar-refractivity contribution in [2.45, 2.75) is 32.2 Å². The largest absolute Gasteiger partial charge is 0.349 e. The molecular weight excluding hydrogens is 324 g/mol. The number of imidazole rings is 1. The van der Waals surface area contributed by atoms with E-state index in [1.807, 2.05) is 43.3 Å². The van der Waals surface area contributed by atoms with Crippen LogP contribution >= 0.6 is 0 Å². The van der Waals surface area contributed by atoms with Crippen molar-refractivity contribution in [2.24, 2.45) is 11.7 Å². The van der Waals surface area contributed by atoms with Gasteiger partial charge in [-0.2, -0.15) is 0 Å². The van der Waals surface area contributed by atoms with Crippen LogP contribution in [-0.4, -0.2) is 28.0 Å². The fraction of sp³-hybridized carbons (Fsp3) is 0.333. The Morgan fingerprint density at radius 3 is 2.81 bits per heavy atom. The number of nitrogens with one attached hydrogen (secondary N) is 1. The van der Waals surface area contributed by atoms with Crippen molar-refractivity contribution < 1.29 is 4.79 Å². The van der Waals surface area contributed by atoms with Crippen LogP contribution in [0.3, 0.4) is 0 Å². The molecule has 3 N–H and O–H groups in total. The quantitative estimate of drug-likeness (QED) is 0.760. The lowest BCUT2D eigenvalue weighted by atomic mass is 10.0. The Bertz CT molecular complexity index is 932. The second-order valence-electron chi connectivity index (χ2n) is 7.04. The molecule has 2 aromatic carbocycles. The van der Waals surface area contributed by atoms with Gasteiger partial charge in [0.2, 0.25) is 0 Å². The minimum Gasteiger partial charge on any atom is -0.349 e. The zero-order valence-corrected chi connectivity index (χ0v) is 15.0. The lowest BCUT2D eigenvalue weighted by Gasteiger charge is -2.19. The molecule has 1 amide bonds. The van der Waals surface area contributed by atoms with E-state index in [-0.39, 0.29) is 11.9 Å². The van der Waals surface area contributed by atoms with Gasteiger partial charge in [-0.15, -0.1) is 0 Å². The number of carbonyl (C=O) groups is 1. The summed E-state index contributed by atoms with van der Waals surface area (Å²) in [6.07, 6.45) is 3.24. The van der Waals surface area contributed by atoms with Crippen LogP contribution in [0.25, 0.3) is 16.7 Å². The summed E-state index contributed by atoms with van der Waals surface area (Å²) < 4.78 is 2.11. The maximum Gasteiger partial charge on any atom is 0.251 e. The number of hydrogen-bond donors (Lipinski definition) is 2. The zero-order valence-electron chi connectivity index (χ0n) is 15.0. The predicted molar refractivity (Wildman–Crippen MR) is 103 cm³/mol. The maximum atomic E-state index is 12.7. The standard InChI is InChI=1S/C21H24N4O/c1-14-23-19-12-15(21(26)24-18-9-5-6-16(18)13-22)10-11-20(19)25(14)17-7-3-2-4-8-17/h2-4,7-8,10-12,16,18H,5-6,9,13,22H2,1H3,(H,24,26). The molecule has 3 aromatic rings. The minimum absolute atomic E-state index is 0.0378. The molecule has 0 spiro atoms. The first-order chi connectivity index (χ1) is 12.7. The van der Waals surface area contributed by atoms with E-state index in [1.54, 1.807) is 0 Å². The number of carbonyl (C=O) groups excluding carboxylic acids is 1. The van der Waals surface area contributed by atoms with Crippen molar-refractivity contribution in [1.82, 2.24) is 14.9 Å². The van der Waals surface area contributed by atoms with Gasteiger partial charge in [0.1, 0.15) is 5.82 Å². The SMILES string of the molecule is Cc1nc2cc(C(=O)NC3CCCC3CN)ccc2n1-c1ccccc1. The van der Waals surface area contributed by atoms with Gasteiger partial charge in [0.15, 0.2) is 0 Å². The summed E-state index contributed by atoms with van der Waals surface area (Å²) in [6, 6.07) is 16.1. The van der Waals surface area contributed by atoms with E-state index < -0.39 is 0 Å². The summed E-state index contributed by atoms with van der Waals surface area (Å²) in [6.45, 7) is 2.61. The Balaban J connectivity index is 1.63. The monoisotopic (exact) mass is 348 g/mol. The van der Waals surface area contributed by atoms with Crippen LogP contribution in [0.4, 0.5) is 0 Å². The van der Waals surface area contributed by atoms with E-state index in [0.29, 0.717) is 18.0 Å². The number of para-hydroxylation sites is 1. The van der Waals surface area contributed by atoms with E-state index in [2.05, 4.69) is 27.0 Å². The molecule has 0 radical (unpaired) electrons. The van der Waals surface area contributed by atoms with Gasteiger partial charge in [-0.3, -0.25) is 9.36 Å². The van der Waals surface area contributed by atoms with Crippen molar-refractivity contribution in [2.75, 3.05) is 6.54 Å². The second-order valence-corrected chi connectivity index (χ2v) is 7.04. The fourth-order valence-corrected chi connectivity index (χ4v) is 4.01. The smallest absolute Gasteiger partial charge is 0.251 e.